The van der Waals surface area contributed by atoms with Crippen molar-refractivity contribution in [3.63, 3.8) is 0 Å². The standard InChI is InChI=1S/C14H27N3O2/c1-3-15-11-12(2)14(19)16-8-7-13(18)17-9-5-4-6-10-17/h12,15H,3-11H2,1-2H3,(H,16,19). The molecule has 2 amide bonds. The third-order valence-electron chi connectivity index (χ3n) is 3.49. The van der Waals surface area contributed by atoms with Gasteiger partial charge in [0.2, 0.25) is 11.8 Å². The first-order valence-corrected chi connectivity index (χ1v) is 7.41. The van der Waals surface area contributed by atoms with E-state index in [1.807, 2.05) is 18.7 Å². The lowest BCUT2D eigenvalue weighted by Gasteiger charge is -2.26. The number of rotatable bonds is 7. The van der Waals surface area contributed by atoms with Gasteiger partial charge in [0, 0.05) is 38.5 Å². The van der Waals surface area contributed by atoms with Crippen LogP contribution in [0.5, 0.6) is 0 Å². The highest BCUT2D eigenvalue weighted by molar-refractivity contribution is 5.80. The lowest BCUT2D eigenvalue weighted by Crippen LogP contribution is -2.39. The van der Waals surface area contributed by atoms with E-state index in [2.05, 4.69) is 10.6 Å². The summed E-state index contributed by atoms with van der Waals surface area (Å²) in [6, 6.07) is 0. The molecule has 0 bridgehead atoms. The van der Waals surface area contributed by atoms with Crippen LogP contribution in [0.1, 0.15) is 39.5 Å². The van der Waals surface area contributed by atoms with E-state index in [9.17, 15) is 9.59 Å². The predicted molar refractivity (Wildman–Crippen MR) is 75.8 cm³/mol. The molecular weight excluding hydrogens is 242 g/mol. The van der Waals surface area contributed by atoms with Crippen LogP contribution in [-0.4, -0.2) is 49.4 Å². The number of carbonyl (C=O) groups is 2. The van der Waals surface area contributed by atoms with Crippen LogP contribution >= 0.6 is 0 Å². The summed E-state index contributed by atoms with van der Waals surface area (Å²) in [5, 5.41) is 5.98. The van der Waals surface area contributed by atoms with Crippen molar-refractivity contribution in [3.8, 4) is 0 Å². The van der Waals surface area contributed by atoms with Crippen molar-refractivity contribution in [1.29, 1.82) is 0 Å². The summed E-state index contributed by atoms with van der Waals surface area (Å²) < 4.78 is 0. The van der Waals surface area contributed by atoms with Crippen molar-refractivity contribution >= 4 is 11.8 Å². The van der Waals surface area contributed by atoms with Crippen LogP contribution in [0.15, 0.2) is 0 Å². The highest BCUT2D eigenvalue weighted by Gasteiger charge is 2.17. The van der Waals surface area contributed by atoms with Crippen LogP contribution in [-0.2, 0) is 9.59 Å². The Labute approximate surface area is 116 Å². The molecule has 0 aromatic carbocycles. The van der Waals surface area contributed by atoms with E-state index >= 15 is 0 Å². The fourth-order valence-electron chi connectivity index (χ4n) is 2.22. The number of carbonyl (C=O) groups excluding carboxylic acids is 2. The summed E-state index contributed by atoms with van der Waals surface area (Å²) >= 11 is 0. The van der Waals surface area contributed by atoms with Gasteiger partial charge in [0.05, 0.1) is 0 Å². The molecule has 5 nitrogen and oxygen atoms in total. The van der Waals surface area contributed by atoms with Crippen LogP contribution in [0.2, 0.25) is 0 Å². The first-order valence-electron chi connectivity index (χ1n) is 7.41. The minimum Gasteiger partial charge on any atom is -0.355 e. The highest BCUT2D eigenvalue weighted by Crippen LogP contribution is 2.09. The molecule has 0 radical (unpaired) electrons. The minimum atomic E-state index is -0.0509. The molecule has 5 heteroatoms. The van der Waals surface area contributed by atoms with Gasteiger partial charge in [0.25, 0.3) is 0 Å². The second-order valence-electron chi connectivity index (χ2n) is 5.19. The van der Waals surface area contributed by atoms with E-state index in [1.165, 1.54) is 6.42 Å². The van der Waals surface area contributed by atoms with E-state index in [4.69, 9.17) is 0 Å². The summed E-state index contributed by atoms with van der Waals surface area (Å²) in [5.41, 5.74) is 0. The maximum absolute atomic E-state index is 11.9. The van der Waals surface area contributed by atoms with Gasteiger partial charge in [-0.15, -0.1) is 0 Å². The van der Waals surface area contributed by atoms with Crippen molar-refractivity contribution in [3.05, 3.63) is 0 Å². The molecular formula is C14H27N3O2. The first kappa shape index (κ1) is 16.0. The van der Waals surface area contributed by atoms with Crippen molar-refractivity contribution in [1.82, 2.24) is 15.5 Å². The second kappa shape index (κ2) is 8.91. The summed E-state index contributed by atoms with van der Waals surface area (Å²) in [6.45, 7) is 7.66. The van der Waals surface area contributed by atoms with Crippen molar-refractivity contribution in [2.45, 2.75) is 39.5 Å². The molecule has 110 valence electrons. The van der Waals surface area contributed by atoms with Gasteiger partial charge < -0.3 is 15.5 Å². The molecule has 1 fully saturated rings. The second-order valence-corrected chi connectivity index (χ2v) is 5.19. The average Bonchev–Trinajstić information content (AvgIpc) is 2.45. The molecule has 1 rings (SSSR count). The highest BCUT2D eigenvalue weighted by atomic mass is 16.2. The van der Waals surface area contributed by atoms with Gasteiger partial charge in [0.15, 0.2) is 0 Å². The van der Waals surface area contributed by atoms with E-state index in [-0.39, 0.29) is 17.7 Å². The molecule has 0 aromatic rings. The smallest absolute Gasteiger partial charge is 0.224 e. The van der Waals surface area contributed by atoms with E-state index < -0.39 is 0 Å². The fraction of sp³-hybridized carbons (Fsp3) is 0.857. The normalized spacial score (nSPS) is 17.1. The zero-order valence-corrected chi connectivity index (χ0v) is 12.2. The van der Waals surface area contributed by atoms with Crippen LogP contribution in [0.25, 0.3) is 0 Å². The molecule has 1 saturated heterocycles. The predicted octanol–water partition coefficient (Wildman–Crippen LogP) is 0.751. The number of hydrogen-bond acceptors (Lipinski definition) is 3. The number of piperidine rings is 1. The van der Waals surface area contributed by atoms with Gasteiger partial charge in [-0.2, -0.15) is 0 Å². The number of nitrogens with one attached hydrogen (secondary N) is 2. The third kappa shape index (κ3) is 6.05. The molecule has 1 atom stereocenters. The Hall–Kier alpha value is -1.10. The van der Waals surface area contributed by atoms with Crippen molar-refractivity contribution in [2.24, 2.45) is 5.92 Å². The van der Waals surface area contributed by atoms with Crippen LogP contribution in [0.4, 0.5) is 0 Å². The molecule has 1 heterocycles. The maximum Gasteiger partial charge on any atom is 0.224 e. The summed E-state index contributed by atoms with van der Waals surface area (Å²) in [7, 11) is 0. The first-order chi connectivity index (χ1) is 9.15. The Morgan fingerprint density at radius 3 is 2.53 bits per heavy atom. The third-order valence-corrected chi connectivity index (χ3v) is 3.49. The maximum atomic E-state index is 11.9. The Bertz CT molecular complexity index is 288. The molecule has 1 aliphatic heterocycles. The molecule has 0 aromatic heterocycles. The SMILES string of the molecule is CCNCC(C)C(=O)NCCC(=O)N1CCCCC1. The molecule has 2 N–H and O–H groups in total. The van der Waals surface area contributed by atoms with Gasteiger partial charge in [0.1, 0.15) is 0 Å². The monoisotopic (exact) mass is 269 g/mol. The van der Waals surface area contributed by atoms with Gasteiger partial charge in [-0.25, -0.2) is 0 Å². The summed E-state index contributed by atoms with van der Waals surface area (Å²) in [5.74, 6) is 0.136. The van der Waals surface area contributed by atoms with Crippen LogP contribution < -0.4 is 10.6 Å². The number of amides is 2. The molecule has 0 saturated carbocycles. The Morgan fingerprint density at radius 1 is 1.21 bits per heavy atom. The van der Waals surface area contributed by atoms with E-state index in [0.29, 0.717) is 19.5 Å². The van der Waals surface area contributed by atoms with Gasteiger partial charge in [-0.05, 0) is 25.8 Å². The van der Waals surface area contributed by atoms with Gasteiger partial charge in [-0.1, -0.05) is 13.8 Å². The molecule has 19 heavy (non-hydrogen) atoms. The summed E-state index contributed by atoms with van der Waals surface area (Å²) in [4.78, 5) is 25.5. The minimum absolute atomic E-state index is 0.0207. The van der Waals surface area contributed by atoms with Crippen LogP contribution in [0.3, 0.4) is 0 Å². The van der Waals surface area contributed by atoms with Crippen molar-refractivity contribution in [2.75, 3.05) is 32.7 Å². The lowest BCUT2D eigenvalue weighted by atomic mass is 10.1. The summed E-state index contributed by atoms with van der Waals surface area (Å²) in [6.07, 6.45) is 3.86. The fourth-order valence-corrected chi connectivity index (χ4v) is 2.22. The quantitative estimate of drug-likeness (QED) is 0.717. The van der Waals surface area contributed by atoms with Crippen molar-refractivity contribution < 1.29 is 9.59 Å². The Kier molecular flexibility index (Phi) is 7.48. The number of hydrogen-bond donors (Lipinski definition) is 2. The van der Waals surface area contributed by atoms with Gasteiger partial charge >= 0.3 is 0 Å². The molecule has 0 spiro atoms. The topological polar surface area (TPSA) is 61.4 Å². The zero-order valence-electron chi connectivity index (χ0n) is 12.2. The Morgan fingerprint density at radius 2 is 1.89 bits per heavy atom. The van der Waals surface area contributed by atoms with E-state index in [0.717, 1.165) is 32.5 Å². The Balaban J connectivity index is 2.14. The molecule has 1 unspecified atom stereocenters. The number of nitrogens with zero attached hydrogens (tertiary/aromatic N) is 1. The largest absolute Gasteiger partial charge is 0.355 e. The molecule has 1 aliphatic rings. The molecule has 0 aliphatic carbocycles. The van der Waals surface area contributed by atoms with Gasteiger partial charge in [-0.3, -0.25) is 9.59 Å². The lowest BCUT2D eigenvalue weighted by molar-refractivity contribution is -0.132. The zero-order chi connectivity index (χ0) is 14.1. The average molecular weight is 269 g/mol. The van der Waals surface area contributed by atoms with Crippen LogP contribution in [0, 0.1) is 5.92 Å². The van der Waals surface area contributed by atoms with E-state index in [1.54, 1.807) is 0 Å². The number of likely N-dealkylation sites (tertiary alicyclic amines) is 1.